The Kier molecular flexibility index (Phi) is 4.71. The lowest BCUT2D eigenvalue weighted by atomic mass is 10.0. The van der Waals surface area contributed by atoms with Gasteiger partial charge in [0.05, 0.1) is 11.4 Å². The minimum Gasteiger partial charge on any atom is -0.634 e. The van der Waals surface area contributed by atoms with Gasteiger partial charge < -0.3 is 10.3 Å². The second kappa shape index (κ2) is 6.31. The van der Waals surface area contributed by atoms with Crippen molar-refractivity contribution in [3.63, 3.8) is 0 Å². The number of carbonyl (C=O) groups is 1. The lowest BCUT2D eigenvalue weighted by Crippen LogP contribution is -3.13. The summed E-state index contributed by atoms with van der Waals surface area (Å²) in [5, 5.41) is 11.5. The van der Waals surface area contributed by atoms with E-state index in [1.54, 1.807) is 18.2 Å². The normalized spacial score (nSPS) is 23.2. The van der Waals surface area contributed by atoms with E-state index >= 15 is 0 Å². The van der Waals surface area contributed by atoms with Crippen LogP contribution in [0.25, 0.3) is 0 Å². The van der Waals surface area contributed by atoms with Gasteiger partial charge in [-0.2, -0.15) is 0 Å². The molecule has 0 aromatic heterocycles. The van der Waals surface area contributed by atoms with Crippen molar-refractivity contribution in [2.75, 3.05) is 6.54 Å². The standard InChI is InChI=1S/C12H17N3O4S/c16-12(11-8-4-5-9-15(11)17)13-14-20(18,19)10-6-2-1-3-7-10/h1-3,6-7,11,14-15H,4-5,8-9H2,(H,13,16). The van der Waals surface area contributed by atoms with E-state index in [9.17, 15) is 18.4 Å². The molecule has 1 aliphatic heterocycles. The van der Waals surface area contributed by atoms with Crippen LogP contribution in [0, 0.1) is 5.21 Å². The molecule has 20 heavy (non-hydrogen) atoms. The van der Waals surface area contributed by atoms with Crippen molar-refractivity contribution in [1.29, 1.82) is 0 Å². The monoisotopic (exact) mass is 299 g/mol. The molecule has 7 nitrogen and oxygen atoms in total. The molecule has 2 rings (SSSR count). The molecule has 0 spiro atoms. The second-order valence-corrected chi connectivity index (χ2v) is 6.35. The van der Waals surface area contributed by atoms with E-state index < -0.39 is 22.0 Å². The van der Waals surface area contributed by atoms with Gasteiger partial charge in [0.1, 0.15) is 0 Å². The van der Waals surface area contributed by atoms with E-state index in [0.29, 0.717) is 13.0 Å². The highest BCUT2D eigenvalue weighted by Gasteiger charge is 2.28. The van der Waals surface area contributed by atoms with Crippen LogP contribution < -0.4 is 15.3 Å². The molecule has 1 aromatic carbocycles. The van der Waals surface area contributed by atoms with Gasteiger partial charge in [0.25, 0.3) is 15.9 Å². The zero-order valence-corrected chi connectivity index (χ0v) is 11.7. The number of rotatable bonds is 4. The van der Waals surface area contributed by atoms with Gasteiger partial charge in [-0.3, -0.25) is 10.2 Å². The zero-order valence-electron chi connectivity index (χ0n) is 10.8. The summed E-state index contributed by atoms with van der Waals surface area (Å²) in [6.45, 7) is 0.378. The summed E-state index contributed by atoms with van der Waals surface area (Å²) in [6, 6.07) is 6.95. The van der Waals surface area contributed by atoms with Gasteiger partial charge >= 0.3 is 0 Å². The van der Waals surface area contributed by atoms with E-state index in [1.165, 1.54) is 12.1 Å². The van der Waals surface area contributed by atoms with E-state index in [0.717, 1.165) is 12.8 Å². The van der Waals surface area contributed by atoms with Crippen LogP contribution in [0.4, 0.5) is 0 Å². The summed E-state index contributed by atoms with van der Waals surface area (Å²) >= 11 is 0. The number of amides is 1. The van der Waals surface area contributed by atoms with Crippen molar-refractivity contribution < 1.29 is 18.3 Å². The fourth-order valence-corrected chi connectivity index (χ4v) is 2.99. The lowest BCUT2D eigenvalue weighted by Gasteiger charge is -2.33. The fraction of sp³-hybridized carbons (Fsp3) is 0.417. The number of sulfonamides is 1. The minimum absolute atomic E-state index is 0.0512. The largest absolute Gasteiger partial charge is 0.634 e. The molecule has 2 unspecified atom stereocenters. The smallest absolute Gasteiger partial charge is 0.293 e. The molecule has 3 N–H and O–H groups in total. The summed E-state index contributed by atoms with van der Waals surface area (Å²) < 4.78 is 23.8. The first kappa shape index (κ1) is 14.9. The third-order valence-corrected chi connectivity index (χ3v) is 4.50. The van der Waals surface area contributed by atoms with Crippen LogP contribution in [0.3, 0.4) is 0 Å². The molecule has 8 heteroatoms. The zero-order chi connectivity index (χ0) is 14.6. The van der Waals surface area contributed by atoms with Gasteiger partial charge in [0, 0.05) is 6.42 Å². The Bertz CT molecular complexity index is 561. The molecule has 0 radical (unpaired) electrons. The topological polar surface area (TPSA) is 103 Å². The second-order valence-electron chi connectivity index (χ2n) is 4.67. The first-order valence-electron chi connectivity index (χ1n) is 6.40. The molecule has 1 saturated heterocycles. The van der Waals surface area contributed by atoms with Crippen molar-refractivity contribution in [2.45, 2.75) is 30.2 Å². The molecule has 0 aliphatic carbocycles. The van der Waals surface area contributed by atoms with E-state index in [1.807, 2.05) is 4.83 Å². The molecule has 2 atom stereocenters. The Labute approximate surface area is 117 Å². The maximum Gasteiger partial charge on any atom is 0.293 e. The molecule has 0 saturated carbocycles. The molecule has 1 aromatic rings. The summed E-state index contributed by atoms with van der Waals surface area (Å²) in [5.74, 6) is -0.589. The van der Waals surface area contributed by atoms with Crippen molar-refractivity contribution in [2.24, 2.45) is 0 Å². The maximum absolute atomic E-state index is 11.9. The highest BCUT2D eigenvalue weighted by atomic mass is 32.2. The Morgan fingerprint density at radius 2 is 1.95 bits per heavy atom. The van der Waals surface area contributed by atoms with Gasteiger partial charge in [-0.15, -0.1) is 4.83 Å². The molecule has 1 aliphatic rings. The first-order chi connectivity index (χ1) is 9.50. The molecule has 0 bridgehead atoms. The Morgan fingerprint density at radius 3 is 2.60 bits per heavy atom. The average Bonchev–Trinajstić information content (AvgIpc) is 2.46. The number of hydrogen-bond acceptors (Lipinski definition) is 4. The number of carbonyl (C=O) groups excluding carboxylic acids is 1. The Hall–Kier alpha value is -1.48. The predicted molar refractivity (Wildman–Crippen MR) is 71.7 cm³/mol. The highest BCUT2D eigenvalue weighted by molar-refractivity contribution is 7.89. The van der Waals surface area contributed by atoms with Crippen molar-refractivity contribution >= 4 is 15.9 Å². The van der Waals surface area contributed by atoms with Crippen molar-refractivity contribution in [3.8, 4) is 0 Å². The predicted octanol–water partition coefficient (Wildman–Crippen LogP) is -1.07. The highest BCUT2D eigenvalue weighted by Crippen LogP contribution is 2.06. The molecule has 1 heterocycles. The number of quaternary nitrogens is 1. The van der Waals surface area contributed by atoms with Crippen LogP contribution in [-0.2, 0) is 14.8 Å². The number of nitrogens with one attached hydrogen (secondary N) is 3. The van der Waals surface area contributed by atoms with Crippen LogP contribution in [0.2, 0.25) is 0 Å². The van der Waals surface area contributed by atoms with Crippen LogP contribution in [0.15, 0.2) is 35.2 Å². The molecular formula is C12H17N3O4S. The Morgan fingerprint density at radius 1 is 1.25 bits per heavy atom. The number of piperidine rings is 1. The lowest BCUT2D eigenvalue weighted by molar-refractivity contribution is -0.871. The molecule has 1 fully saturated rings. The van der Waals surface area contributed by atoms with Crippen LogP contribution in [0.1, 0.15) is 19.3 Å². The summed E-state index contributed by atoms with van der Waals surface area (Å²) in [7, 11) is -3.80. The van der Waals surface area contributed by atoms with Crippen molar-refractivity contribution in [3.05, 3.63) is 35.5 Å². The van der Waals surface area contributed by atoms with Gasteiger partial charge in [-0.25, -0.2) is 8.42 Å². The number of hydroxylamine groups is 2. The van der Waals surface area contributed by atoms with Gasteiger partial charge in [0.15, 0.2) is 6.04 Å². The summed E-state index contributed by atoms with van der Waals surface area (Å²) in [6.07, 6.45) is 2.06. The average molecular weight is 299 g/mol. The number of hydrogen-bond donors (Lipinski definition) is 3. The third-order valence-electron chi connectivity index (χ3n) is 3.23. The number of hydrazine groups is 1. The number of benzene rings is 1. The summed E-state index contributed by atoms with van der Waals surface area (Å²) in [5.41, 5.74) is 2.12. The van der Waals surface area contributed by atoms with Crippen LogP contribution in [-0.4, -0.2) is 26.9 Å². The minimum atomic E-state index is -3.80. The summed E-state index contributed by atoms with van der Waals surface area (Å²) in [4.78, 5) is 13.9. The van der Waals surface area contributed by atoms with Crippen LogP contribution >= 0.6 is 0 Å². The Balaban J connectivity index is 1.96. The first-order valence-corrected chi connectivity index (χ1v) is 7.88. The van der Waals surface area contributed by atoms with E-state index in [4.69, 9.17) is 0 Å². The fourth-order valence-electron chi connectivity index (χ4n) is 2.12. The molecule has 110 valence electrons. The third kappa shape index (κ3) is 3.54. The van der Waals surface area contributed by atoms with E-state index in [-0.39, 0.29) is 9.96 Å². The molecule has 1 amide bonds. The van der Waals surface area contributed by atoms with Gasteiger partial charge in [-0.1, -0.05) is 18.2 Å². The van der Waals surface area contributed by atoms with Gasteiger partial charge in [0.2, 0.25) is 0 Å². The quantitative estimate of drug-likeness (QED) is 0.486. The van der Waals surface area contributed by atoms with Crippen LogP contribution in [0.5, 0.6) is 0 Å². The maximum atomic E-state index is 11.9. The molecular weight excluding hydrogens is 282 g/mol. The SMILES string of the molecule is O=C(NNS(=O)(=O)c1ccccc1)C1CCCC[NH+]1[O-]. The van der Waals surface area contributed by atoms with Crippen molar-refractivity contribution in [1.82, 2.24) is 10.3 Å². The van der Waals surface area contributed by atoms with Gasteiger partial charge in [-0.05, 0) is 25.0 Å². The van der Waals surface area contributed by atoms with E-state index in [2.05, 4.69) is 5.43 Å².